The van der Waals surface area contributed by atoms with E-state index in [1.165, 1.54) is 30.3 Å². The van der Waals surface area contributed by atoms with Crippen molar-refractivity contribution in [2.75, 3.05) is 13.2 Å². The van der Waals surface area contributed by atoms with Gasteiger partial charge >= 0.3 is 0 Å². The standard InChI is InChI=1S/C16H15ClN2O5S/c17-12-4-1-3-11(9-12)16(20)18-19-25(21,22)13-5-6-14-15(10-13)24-8-2-7-23-14/h1,3-6,9-10,19H,2,7-8H2,(H,18,20). The Morgan fingerprint density at radius 1 is 1.04 bits per heavy atom. The first kappa shape index (κ1) is 17.5. The van der Waals surface area contributed by atoms with Gasteiger partial charge in [0.25, 0.3) is 15.9 Å². The molecule has 3 rings (SSSR count). The van der Waals surface area contributed by atoms with E-state index in [1.54, 1.807) is 12.1 Å². The van der Waals surface area contributed by atoms with Crippen LogP contribution < -0.4 is 19.7 Å². The number of nitrogens with one attached hydrogen (secondary N) is 2. The minimum absolute atomic E-state index is 0.0526. The molecular formula is C16H15ClN2O5S. The van der Waals surface area contributed by atoms with Crippen LogP contribution in [0, 0.1) is 0 Å². The number of carbonyl (C=O) groups is 1. The Labute approximate surface area is 149 Å². The van der Waals surface area contributed by atoms with Gasteiger partial charge in [0.2, 0.25) is 0 Å². The quantitative estimate of drug-likeness (QED) is 0.790. The Balaban J connectivity index is 1.73. The molecule has 9 heteroatoms. The molecule has 132 valence electrons. The van der Waals surface area contributed by atoms with Gasteiger partial charge in [-0.3, -0.25) is 10.2 Å². The molecule has 1 amide bonds. The summed E-state index contributed by atoms with van der Waals surface area (Å²) in [6, 6.07) is 10.4. The van der Waals surface area contributed by atoms with E-state index in [1.807, 2.05) is 4.83 Å². The summed E-state index contributed by atoms with van der Waals surface area (Å²) < 4.78 is 35.7. The Bertz CT molecular complexity index is 901. The molecule has 2 N–H and O–H groups in total. The van der Waals surface area contributed by atoms with Gasteiger partial charge in [-0.2, -0.15) is 0 Å². The summed E-state index contributed by atoms with van der Waals surface area (Å²) in [7, 11) is -3.97. The monoisotopic (exact) mass is 382 g/mol. The van der Waals surface area contributed by atoms with Crippen LogP contribution >= 0.6 is 11.6 Å². The van der Waals surface area contributed by atoms with E-state index in [-0.39, 0.29) is 10.5 Å². The molecule has 1 aliphatic rings. The van der Waals surface area contributed by atoms with Gasteiger partial charge < -0.3 is 9.47 Å². The van der Waals surface area contributed by atoms with Gasteiger partial charge in [-0.15, -0.1) is 4.83 Å². The fourth-order valence-electron chi connectivity index (χ4n) is 2.19. The van der Waals surface area contributed by atoms with Crippen molar-refractivity contribution >= 4 is 27.5 Å². The molecular weight excluding hydrogens is 368 g/mol. The summed E-state index contributed by atoms with van der Waals surface area (Å²) >= 11 is 5.81. The lowest BCUT2D eigenvalue weighted by Crippen LogP contribution is -2.41. The summed E-state index contributed by atoms with van der Waals surface area (Å²) in [6.07, 6.45) is 0.713. The van der Waals surface area contributed by atoms with Crippen molar-refractivity contribution in [1.29, 1.82) is 0 Å². The number of rotatable bonds is 4. The third-order valence-corrected chi connectivity index (χ3v) is 4.90. The predicted molar refractivity (Wildman–Crippen MR) is 91.3 cm³/mol. The minimum Gasteiger partial charge on any atom is -0.490 e. The largest absolute Gasteiger partial charge is 0.490 e. The molecule has 25 heavy (non-hydrogen) atoms. The van der Waals surface area contributed by atoms with E-state index in [9.17, 15) is 13.2 Å². The SMILES string of the molecule is O=C(NNS(=O)(=O)c1ccc2c(c1)OCCCO2)c1cccc(Cl)c1. The molecule has 1 heterocycles. The van der Waals surface area contributed by atoms with Crippen LogP contribution in [0.1, 0.15) is 16.8 Å². The minimum atomic E-state index is -3.97. The molecule has 0 aliphatic carbocycles. The molecule has 0 fully saturated rings. The Morgan fingerprint density at radius 3 is 2.56 bits per heavy atom. The highest BCUT2D eigenvalue weighted by atomic mass is 35.5. The maximum atomic E-state index is 12.4. The summed E-state index contributed by atoms with van der Waals surface area (Å²) in [5, 5.41) is 0.374. The average molecular weight is 383 g/mol. The van der Waals surface area contributed by atoms with Crippen molar-refractivity contribution in [3.63, 3.8) is 0 Å². The average Bonchev–Trinajstić information content (AvgIpc) is 2.84. The first-order valence-electron chi connectivity index (χ1n) is 7.43. The summed E-state index contributed by atoms with van der Waals surface area (Å²) in [6.45, 7) is 0.947. The maximum Gasteiger partial charge on any atom is 0.266 e. The zero-order valence-corrected chi connectivity index (χ0v) is 14.6. The van der Waals surface area contributed by atoms with Crippen LogP contribution in [0.25, 0.3) is 0 Å². The number of ether oxygens (including phenoxy) is 2. The van der Waals surface area contributed by atoms with Gasteiger partial charge in [-0.1, -0.05) is 17.7 Å². The molecule has 0 aromatic heterocycles. The van der Waals surface area contributed by atoms with Gasteiger partial charge in [0.1, 0.15) is 0 Å². The number of benzene rings is 2. The highest BCUT2D eigenvalue weighted by molar-refractivity contribution is 7.89. The van der Waals surface area contributed by atoms with Crippen LogP contribution in [0.3, 0.4) is 0 Å². The van der Waals surface area contributed by atoms with E-state index in [0.29, 0.717) is 36.2 Å². The number of halogens is 1. The predicted octanol–water partition coefficient (Wildman–Crippen LogP) is 2.12. The summed E-state index contributed by atoms with van der Waals surface area (Å²) in [5.74, 6) is 0.210. The Kier molecular flexibility index (Phi) is 5.12. The lowest BCUT2D eigenvalue weighted by atomic mass is 10.2. The molecule has 1 aliphatic heterocycles. The first-order chi connectivity index (χ1) is 12.0. The normalized spacial score (nSPS) is 13.8. The number of hydrazine groups is 1. The topological polar surface area (TPSA) is 93.7 Å². The van der Waals surface area contributed by atoms with Crippen LogP contribution in [0.15, 0.2) is 47.4 Å². The van der Waals surface area contributed by atoms with Crippen molar-refractivity contribution < 1.29 is 22.7 Å². The molecule has 7 nitrogen and oxygen atoms in total. The van der Waals surface area contributed by atoms with Gasteiger partial charge in [0.15, 0.2) is 11.5 Å². The summed E-state index contributed by atoms with van der Waals surface area (Å²) in [4.78, 5) is 14.0. The lowest BCUT2D eigenvalue weighted by molar-refractivity contribution is 0.0945. The van der Waals surface area contributed by atoms with Gasteiger partial charge in [0.05, 0.1) is 18.1 Å². The Hall–Kier alpha value is -2.29. The van der Waals surface area contributed by atoms with Crippen LogP contribution in [0.4, 0.5) is 0 Å². The van der Waals surface area contributed by atoms with Gasteiger partial charge in [0, 0.05) is 23.1 Å². The van der Waals surface area contributed by atoms with Crippen LogP contribution in [-0.4, -0.2) is 27.5 Å². The number of amides is 1. The highest BCUT2D eigenvalue weighted by Gasteiger charge is 2.19. The van der Waals surface area contributed by atoms with Crippen molar-refractivity contribution in [1.82, 2.24) is 10.3 Å². The molecule has 2 aromatic rings. The maximum absolute atomic E-state index is 12.4. The fraction of sp³-hybridized carbons (Fsp3) is 0.188. The van der Waals surface area contributed by atoms with E-state index >= 15 is 0 Å². The number of hydrogen-bond donors (Lipinski definition) is 2. The molecule has 0 saturated carbocycles. The van der Waals surface area contributed by atoms with E-state index in [2.05, 4.69) is 5.43 Å². The van der Waals surface area contributed by atoms with E-state index in [4.69, 9.17) is 21.1 Å². The first-order valence-corrected chi connectivity index (χ1v) is 9.29. The number of carbonyl (C=O) groups excluding carboxylic acids is 1. The van der Waals surface area contributed by atoms with Crippen LogP contribution in [0.2, 0.25) is 5.02 Å². The van der Waals surface area contributed by atoms with Gasteiger partial charge in [-0.05, 0) is 30.3 Å². The molecule has 0 radical (unpaired) electrons. The van der Waals surface area contributed by atoms with E-state index < -0.39 is 15.9 Å². The molecule has 0 bridgehead atoms. The zero-order chi connectivity index (χ0) is 17.9. The molecule has 0 saturated heterocycles. The Morgan fingerprint density at radius 2 is 1.80 bits per heavy atom. The smallest absolute Gasteiger partial charge is 0.266 e. The number of sulfonamides is 1. The third-order valence-electron chi connectivity index (χ3n) is 3.42. The molecule has 0 atom stereocenters. The van der Waals surface area contributed by atoms with Crippen molar-refractivity contribution in [3.8, 4) is 11.5 Å². The second-order valence-electron chi connectivity index (χ2n) is 5.23. The van der Waals surface area contributed by atoms with Crippen molar-refractivity contribution in [2.24, 2.45) is 0 Å². The second kappa shape index (κ2) is 7.30. The lowest BCUT2D eigenvalue weighted by Gasteiger charge is -2.11. The van der Waals surface area contributed by atoms with Crippen LogP contribution in [0.5, 0.6) is 11.5 Å². The molecule has 0 spiro atoms. The highest BCUT2D eigenvalue weighted by Crippen LogP contribution is 2.31. The van der Waals surface area contributed by atoms with Crippen molar-refractivity contribution in [3.05, 3.63) is 53.1 Å². The fourth-order valence-corrected chi connectivity index (χ4v) is 3.23. The third kappa shape index (κ3) is 4.22. The number of fused-ring (bicyclic) bond motifs is 1. The van der Waals surface area contributed by atoms with Gasteiger partial charge in [-0.25, -0.2) is 8.42 Å². The molecule has 2 aromatic carbocycles. The van der Waals surface area contributed by atoms with Crippen LogP contribution in [-0.2, 0) is 10.0 Å². The number of hydrogen-bond acceptors (Lipinski definition) is 5. The molecule has 0 unspecified atom stereocenters. The zero-order valence-electron chi connectivity index (χ0n) is 13.0. The summed E-state index contributed by atoms with van der Waals surface area (Å²) in [5.41, 5.74) is 2.38. The second-order valence-corrected chi connectivity index (χ2v) is 7.35. The van der Waals surface area contributed by atoms with Crippen molar-refractivity contribution in [2.45, 2.75) is 11.3 Å². The van der Waals surface area contributed by atoms with E-state index in [0.717, 1.165) is 0 Å².